The molecule has 1 aromatic heterocycles. The minimum Gasteiger partial charge on any atom is -0.399 e. The number of aromatic nitrogens is 1. The standard InChI is InChI=1S/C28H28F3N5O2/c1-16-5-4-6-22-25(16)35(14-18-7-9-21(32)10-8-18)15-19-12-24(37)36(26(19)27(38)34(22)3)23-13-20(28(29,30)31)11-17(2)33-23/h4-11,13,19,26H,12,14-15,32H2,1-3H3/t19-,26+/m1/s1. The second-order valence-corrected chi connectivity index (χ2v) is 9.99. The molecule has 0 radical (unpaired) electrons. The van der Waals surface area contributed by atoms with Crippen LogP contribution >= 0.6 is 0 Å². The number of alkyl halides is 3. The van der Waals surface area contributed by atoms with Gasteiger partial charge >= 0.3 is 6.18 Å². The van der Waals surface area contributed by atoms with Crippen LogP contribution in [0.3, 0.4) is 0 Å². The van der Waals surface area contributed by atoms with Crippen molar-refractivity contribution < 1.29 is 22.8 Å². The van der Waals surface area contributed by atoms with Gasteiger partial charge in [0.05, 0.1) is 16.9 Å². The molecular formula is C28H28F3N5O2. The highest BCUT2D eigenvalue weighted by Crippen LogP contribution is 2.42. The van der Waals surface area contributed by atoms with Gasteiger partial charge in [-0.1, -0.05) is 24.3 Å². The second-order valence-electron chi connectivity index (χ2n) is 9.99. The summed E-state index contributed by atoms with van der Waals surface area (Å²) in [5.74, 6) is -1.41. The number of aryl methyl sites for hydroxylation is 2. The molecule has 3 aromatic rings. The van der Waals surface area contributed by atoms with Crippen LogP contribution in [0.1, 0.15) is 28.8 Å². The van der Waals surface area contributed by atoms with Crippen molar-refractivity contribution >= 4 is 34.7 Å². The molecule has 1 fully saturated rings. The van der Waals surface area contributed by atoms with Gasteiger partial charge in [0.2, 0.25) is 11.8 Å². The van der Waals surface area contributed by atoms with Crippen LogP contribution in [0.25, 0.3) is 0 Å². The molecule has 0 aliphatic carbocycles. The van der Waals surface area contributed by atoms with Crippen LogP contribution in [0.2, 0.25) is 0 Å². The Morgan fingerprint density at radius 2 is 1.76 bits per heavy atom. The number of nitrogens with zero attached hydrogens (tertiary/aromatic N) is 4. The molecule has 0 spiro atoms. The molecule has 0 unspecified atom stereocenters. The Bertz CT molecular complexity index is 1410. The number of nitrogens with two attached hydrogens (primary N) is 1. The zero-order valence-corrected chi connectivity index (χ0v) is 21.3. The van der Waals surface area contributed by atoms with Crippen LogP contribution in [-0.2, 0) is 22.3 Å². The van der Waals surface area contributed by atoms with E-state index in [0.29, 0.717) is 24.5 Å². The van der Waals surface area contributed by atoms with Gasteiger partial charge in [0, 0.05) is 43.9 Å². The maximum Gasteiger partial charge on any atom is 0.416 e. The van der Waals surface area contributed by atoms with Gasteiger partial charge in [0.1, 0.15) is 11.9 Å². The van der Waals surface area contributed by atoms with E-state index in [2.05, 4.69) is 9.88 Å². The number of nitrogen functional groups attached to an aromatic ring is 1. The zero-order chi connectivity index (χ0) is 27.4. The first-order valence-electron chi connectivity index (χ1n) is 12.3. The van der Waals surface area contributed by atoms with Crippen LogP contribution < -0.4 is 20.4 Å². The highest BCUT2D eigenvalue weighted by atomic mass is 19.4. The first-order chi connectivity index (χ1) is 17.9. The molecule has 2 aromatic carbocycles. The van der Waals surface area contributed by atoms with E-state index in [1.807, 2.05) is 49.4 Å². The molecule has 1 saturated heterocycles. The average molecular weight is 524 g/mol. The number of anilines is 4. The Balaban J connectivity index is 1.61. The quantitative estimate of drug-likeness (QED) is 0.503. The molecule has 2 atom stereocenters. The molecule has 2 N–H and O–H groups in total. The van der Waals surface area contributed by atoms with Gasteiger partial charge in [-0.05, 0) is 55.3 Å². The highest BCUT2D eigenvalue weighted by molar-refractivity contribution is 6.10. The van der Waals surface area contributed by atoms with E-state index in [-0.39, 0.29) is 23.8 Å². The van der Waals surface area contributed by atoms with Crippen molar-refractivity contribution in [3.63, 3.8) is 0 Å². The lowest BCUT2D eigenvalue weighted by molar-refractivity contribution is -0.137. The van der Waals surface area contributed by atoms with E-state index in [9.17, 15) is 22.8 Å². The molecule has 7 nitrogen and oxygen atoms in total. The maximum absolute atomic E-state index is 13.9. The number of carbonyl (C=O) groups excluding carboxylic acids is 2. The van der Waals surface area contributed by atoms with Crippen molar-refractivity contribution in [2.24, 2.45) is 5.92 Å². The summed E-state index contributed by atoms with van der Waals surface area (Å²) in [7, 11) is 1.64. The largest absolute Gasteiger partial charge is 0.416 e. The zero-order valence-electron chi connectivity index (χ0n) is 21.3. The second kappa shape index (κ2) is 9.34. The minimum atomic E-state index is -4.61. The van der Waals surface area contributed by atoms with Gasteiger partial charge in [-0.25, -0.2) is 4.98 Å². The van der Waals surface area contributed by atoms with Gasteiger partial charge in [-0.3, -0.25) is 14.5 Å². The number of para-hydroxylation sites is 1. The summed E-state index contributed by atoms with van der Waals surface area (Å²) in [6.45, 7) is 4.26. The Morgan fingerprint density at radius 3 is 2.45 bits per heavy atom. The summed E-state index contributed by atoms with van der Waals surface area (Å²) in [6, 6.07) is 13.9. The van der Waals surface area contributed by atoms with Gasteiger partial charge in [0.15, 0.2) is 0 Å². The molecule has 0 bridgehead atoms. The van der Waals surface area contributed by atoms with Gasteiger partial charge in [-0.2, -0.15) is 13.2 Å². The summed E-state index contributed by atoms with van der Waals surface area (Å²) in [5, 5.41) is 0. The molecule has 38 heavy (non-hydrogen) atoms. The molecule has 10 heteroatoms. The van der Waals surface area contributed by atoms with Crippen LogP contribution in [-0.4, -0.2) is 36.4 Å². The smallest absolute Gasteiger partial charge is 0.399 e. The highest BCUT2D eigenvalue weighted by Gasteiger charge is 2.49. The fourth-order valence-electron chi connectivity index (χ4n) is 5.49. The summed E-state index contributed by atoms with van der Waals surface area (Å²) in [5.41, 5.74) is 9.21. The fraction of sp³-hybridized carbons (Fsp3) is 0.321. The molecule has 198 valence electrons. The lowest BCUT2D eigenvalue weighted by atomic mass is 9.94. The Labute approximate surface area is 218 Å². The first kappa shape index (κ1) is 25.6. The molecule has 0 saturated carbocycles. The Morgan fingerprint density at radius 1 is 1.05 bits per heavy atom. The normalized spacial score (nSPS) is 19.8. The Kier molecular flexibility index (Phi) is 6.28. The van der Waals surface area contributed by atoms with E-state index in [1.165, 1.54) is 11.8 Å². The van der Waals surface area contributed by atoms with E-state index in [4.69, 9.17) is 5.73 Å². The van der Waals surface area contributed by atoms with Crippen LogP contribution in [0.4, 0.5) is 36.1 Å². The average Bonchev–Trinajstić information content (AvgIpc) is 3.17. The van der Waals surface area contributed by atoms with Gasteiger partial charge < -0.3 is 15.5 Å². The van der Waals surface area contributed by atoms with Crippen molar-refractivity contribution in [2.75, 3.05) is 34.0 Å². The molecule has 5 rings (SSSR count). The van der Waals surface area contributed by atoms with Crippen molar-refractivity contribution in [2.45, 2.75) is 39.0 Å². The lowest BCUT2D eigenvalue weighted by Gasteiger charge is -2.39. The number of pyridine rings is 1. The molecular weight excluding hydrogens is 495 g/mol. The number of benzene rings is 2. The van der Waals surface area contributed by atoms with E-state index < -0.39 is 29.6 Å². The van der Waals surface area contributed by atoms with E-state index >= 15 is 0 Å². The number of hydrogen-bond acceptors (Lipinski definition) is 5. The predicted molar refractivity (Wildman–Crippen MR) is 140 cm³/mol. The summed E-state index contributed by atoms with van der Waals surface area (Å²) >= 11 is 0. The number of carbonyl (C=O) groups is 2. The topological polar surface area (TPSA) is 82.8 Å². The minimum absolute atomic E-state index is 0.0146. The SMILES string of the molecule is Cc1cc(C(F)(F)F)cc(N2C(=O)C[C@@H]3CN(Cc4ccc(N)cc4)c4c(C)cccc4N(C)C(=O)[C@H]32)n1. The lowest BCUT2D eigenvalue weighted by Crippen LogP contribution is -2.52. The van der Waals surface area contributed by atoms with Crippen molar-refractivity contribution in [1.82, 2.24) is 4.98 Å². The van der Waals surface area contributed by atoms with Crippen LogP contribution in [0, 0.1) is 19.8 Å². The number of halogens is 3. The molecule has 3 heterocycles. The monoisotopic (exact) mass is 523 g/mol. The predicted octanol–water partition coefficient (Wildman–Crippen LogP) is 4.70. The van der Waals surface area contributed by atoms with Crippen LogP contribution in [0.15, 0.2) is 54.6 Å². The maximum atomic E-state index is 13.9. The number of amides is 2. The van der Waals surface area contributed by atoms with E-state index in [1.54, 1.807) is 7.05 Å². The third-order valence-electron chi connectivity index (χ3n) is 7.23. The molecule has 2 aliphatic rings. The summed E-state index contributed by atoms with van der Waals surface area (Å²) < 4.78 is 40.8. The van der Waals surface area contributed by atoms with Crippen LogP contribution in [0.5, 0.6) is 0 Å². The van der Waals surface area contributed by atoms with Gasteiger partial charge in [0.25, 0.3) is 0 Å². The van der Waals surface area contributed by atoms with Crippen molar-refractivity contribution in [3.8, 4) is 0 Å². The molecule has 2 aliphatic heterocycles. The fourth-order valence-corrected chi connectivity index (χ4v) is 5.49. The summed E-state index contributed by atoms with van der Waals surface area (Å²) in [4.78, 5) is 36.3. The van der Waals surface area contributed by atoms with Crippen molar-refractivity contribution in [1.29, 1.82) is 0 Å². The number of fused-ring (bicyclic) bond motifs is 2. The Hall–Kier alpha value is -4.08. The third-order valence-corrected chi connectivity index (χ3v) is 7.23. The number of rotatable bonds is 3. The summed E-state index contributed by atoms with van der Waals surface area (Å²) in [6.07, 6.45) is -4.60. The number of hydrogen-bond donors (Lipinski definition) is 1. The van der Waals surface area contributed by atoms with E-state index in [0.717, 1.165) is 33.8 Å². The van der Waals surface area contributed by atoms with Crippen molar-refractivity contribution in [3.05, 3.63) is 77.0 Å². The number of likely N-dealkylation sites (N-methyl/N-ethyl adjacent to an activating group) is 1. The first-order valence-corrected chi connectivity index (χ1v) is 12.3. The van der Waals surface area contributed by atoms with Gasteiger partial charge in [-0.15, -0.1) is 0 Å². The molecule has 2 amide bonds. The third kappa shape index (κ3) is 4.55.